The lowest BCUT2D eigenvalue weighted by atomic mass is 10.4. The maximum absolute atomic E-state index is 11.5. The highest BCUT2D eigenvalue weighted by Crippen LogP contribution is 2.00. The van der Waals surface area contributed by atoms with Crippen molar-refractivity contribution >= 4 is 15.9 Å². The van der Waals surface area contributed by atoms with Gasteiger partial charge in [0.25, 0.3) is 5.56 Å². The van der Waals surface area contributed by atoms with E-state index in [1.807, 2.05) is 19.9 Å². The molecule has 0 spiro atoms. The molecule has 78 valence electrons. The Balaban J connectivity index is 2.59. The van der Waals surface area contributed by atoms with Crippen LogP contribution in [0.25, 0.3) is 0 Å². The van der Waals surface area contributed by atoms with E-state index in [0.29, 0.717) is 17.6 Å². The maximum Gasteiger partial charge on any atom is 0.264 e. The molecule has 0 aromatic carbocycles. The molecule has 0 atom stereocenters. The van der Waals surface area contributed by atoms with Gasteiger partial charge in [-0.3, -0.25) is 4.79 Å². The van der Waals surface area contributed by atoms with Crippen molar-refractivity contribution in [1.29, 1.82) is 0 Å². The Morgan fingerprint density at radius 1 is 1.57 bits per heavy atom. The van der Waals surface area contributed by atoms with E-state index in [1.165, 1.54) is 0 Å². The molecule has 0 fully saturated rings. The second-order valence-electron chi connectivity index (χ2n) is 3.27. The molecule has 0 unspecified atom stereocenters. The molecule has 4 heteroatoms. The van der Waals surface area contributed by atoms with Crippen molar-refractivity contribution in [2.45, 2.75) is 26.5 Å². The van der Waals surface area contributed by atoms with Crippen molar-refractivity contribution in [2.24, 2.45) is 0 Å². The number of nitrogens with zero attached hydrogens (tertiary/aromatic N) is 1. The van der Waals surface area contributed by atoms with Gasteiger partial charge in [0, 0.05) is 12.7 Å². The third-order valence-corrected chi connectivity index (χ3v) is 2.36. The molecule has 1 aromatic rings. The number of aromatic nitrogens is 1. The van der Waals surface area contributed by atoms with Gasteiger partial charge in [0.05, 0.1) is 17.2 Å². The molecule has 1 heterocycles. The fourth-order valence-electron chi connectivity index (χ4n) is 1.07. The predicted octanol–water partition coefficient (Wildman–Crippen LogP) is 2.04. The van der Waals surface area contributed by atoms with Crippen LogP contribution in [0.4, 0.5) is 0 Å². The van der Waals surface area contributed by atoms with E-state index in [9.17, 15) is 4.79 Å². The molecule has 14 heavy (non-hydrogen) atoms. The van der Waals surface area contributed by atoms with Gasteiger partial charge in [-0.2, -0.15) is 0 Å². The van der Waals surface area contributed by atoms with Crippen LogP contribution < -0.4 is 5.56 Å². The van der Waals surface area contributed by atoms with Crippen molar-refractivity contribution < 1.29 is 4.74 Å². The van der Waals surface area contributed by atoms with Gasteiger partial charge >= 0.3 is 0 Å². The Kier molecular flexibility index (Phi) is 4.35. The lowest BCUT2D eigenvalue weighted by Gasteiger charge is -2.09. The first-order valence-corrected chi connectivity index (χ1v) is 5.37. The molecule has 0 radical (unpaired) electrons. The first-order valence-electron chi connectivity index (χ1n) is 4.58. The van der Waals surface area contributed by atoms with Gasteiger partial charge in [0.1, 0.15) is 0 Å². The topological polar surface area (TPSA) is 31.2 Å². The summed E-state index contributed by atoms with van der Waals surface area (Å²) in [7, 11) is 0. The second-order valence-corrected chi connectivity index (χ2v) is 4.13. The summed E-state index contributed by atoms with van der Waals surface area (Å²) >= 11 is 3.19. The van der Waals surface area contributed by atoms with E-state index < -0.39 is 0 Å². The third-order valence-electron chi connectivity index (χ3n) is 1.76. The van der Waals surface area contributed by atoms with Crippen LogP contribution in [0.2, 0.25) is 0 Å². The van der Waals surface area contributed by atoms with Crippen molar-refractivity contribution in [2.75, 3.05) is 6.61 Å². The fourth-order valence-corrected chi connectivity index (χ4v) is 1.45. The molecule has 0 aliphatic heterocycles. The molecular weight excluding hydrogens is 246 g/mol. The number of hydrogen-bond donors (Lipinski definition) is 0. The summed E-state index contributed by atoms with van der Waals surface area (Å²) in [5.74, 6) is 0. The lowest BCUT2D eigenvalue weighted by molar-refractivity contribution is 0.0722. The molecule has 1 rings (SSSR count). The van der Waals surface area contributed by atoms with Crippen LogP contribution in [-0.4, -0.2) is 17.3 Å². The van der Waals surface area contributed by atoms with Crippen LogP contribution in [0, 0.1) is 0 Å². The highest BCUT2D eigenvalue weighted by Gasteiger charge is 1.99. The van der Waals surface area contributed by atoms with Gasteiger partial charge < -0.3 is 9.30 Å². The Labute approximate surface area is 91.8 Å². The van der Waals surface area contributed by atoms with Gasteiger partial charge in [0.2, 0.25) is 0 Å². The summed E-state index contributed by atoms with van der Waals surface area (Å²) < 4.78 is 7.58. The van der Waals surface area contributed by atoms with E-state index in [2.05, 4.69) is 15.9 Å². The van der Waals surface area contributed by atoms with Crippen LogP contribution in [0.1, 0.15) is 13.8 Å². The normalized spacial score (nSPS) is 10.9. The summed E-state index contributed by atoms with van der Waals surface area (Å²) in [4.78, 5) is 11.5. The second kappa shape index (κ2) is 5.32. The van der Waals surface area contributed by atoms with E-state index in [-0.39, 0.29) is 11.7 Å². The highest BCUT2D eigenvalue weighted by atomic mass is 79.9. The summed E-state index contributed by atoms with van der Waals surface area (Å²) in [6, 6.07) is 3.57. The minimum Gasteiger partial charge on any atom is -0.377 e. The molecule has 0 bridgehead atoms. The summed E-state index contributed by atoms with van der Waals surface area (Å²) in [6.45, 7) is 5.11. The van der Waals surface area contributed by atoms with E-state index in [1.54, 1.807) is 16.8 Å². The molecular formula is C10H14BrNO2. The zero-order valence-corrected chi connectivity index (χ0v) is 9.95. The number of ether oxygens (including phenoxy) is 1. The first kappa shape index (κ1) is 11.5. The van der Waals surface area contributed by atoms with Crippen molar-refractivity contribution in [3.63, 3.8) is 0 Å². The summed E-state index contributed by atoms with van der Waals surface area (Å²) in [6.07, 6.45) is 1.97. The van der Waals surface area contributed by atoms with Crippen LogP contribution in [0.5, 0.6) is 0 Å². The first-order chi connectivity index (χ1) is 6.61. The molecule has 0 N–H and O–H groups in total. The van der Waals surface area contributed by atoms with Crippen LogP contribution in [-0.2, 0) is 11.3 Å². The van der Waals surface area contributed by atoms with Crippen molar-refractivity contribution in [1.82, 2.24) is 4.57 Å². The van der Waals surface area contributed by atoms with Gasteiger partial charge in [-0.05, 0) is 41.9 Å². The van der Waals surface area contributed by atoms with Crippen LogP contribution >= 0.6 is 15.9 Å². The molecule has 0 amide bonds. The monoisotopic (exact) mass is 259 g/mol. The number of pyridine rings is 1. The van der Waals surface area contributed by atoms with Crippen molar-refractivity contribution in [3.8, 4) is 0 Å². The van der Waals surface area contributed by atoms with Crippen LogP contribution in [0.15, 0.2) is 27.6 Å². The number of hydrogen-bond acceptors (Lipinski definition) is 2. The van der Waals surface area contributed by atoms with Gasteiger partial charge in [-0.15, -0.1) is 0 Å². The van der Waals surface area contributed by atoms with E-state index >= 15 is 0 Å². The Bertz CT molecular complexity index is 346. The Morgan fingerprint density at radius 2 is 2.29 bits per heavy atom. The minimum absolute atomic E-state index is 0.0140. The predicted molar refractivity (Wildman–Crippen MR) is 59.5 cm³/mol. The number of halogens is 1. The largest absolute Gasteiger partial charge is 0.377 e. The quantitative estimate of drug-likeness (QED) is 0.829. The van der Waals surface area contributed by atoms with E-state index in [0.717, 1.165) is 0 Å². The molecule has 0 aliphatic rings. The Morgan fingerprint density at radius 3 is 2.93 bits per heavy atom. The zero-order valence-electron chi connectivity index (χ0n) is 8.37. The smallest absolute Gasteiger partial charge is 0.264 e. The highest BCUT2D eigenvalue weighted by molar-refractivity contribution is 9.10. The Hall–Kier alpha value is -0.610. The lowest BCUT2D eigenvalue weighted by Crippen LogP contribution is -2.22. The van der Waals surface area contributed by atoms with Gasteiger partial charge in [-0.1, -0.05) is 0 Å². The summed E-state index contributed by atoms with van der Waals surface area (Å²) in [5.41, 5.74) is -0.0140. The SMILES string of the molecule is CC(C)OCCn1cccc(Br)c1=O. The molecule has 3 nitrogen and oxygen atoms in total. The van der Waals surface area contributed by atoms with Crippen molar-refractivity contribution in [3.05, 3.63) is 33.2 Å². The van der Waals surface area contributed by atoms with Gasteiger partial charge in [-0.25, -0.2) is 0 Å². The molecule has 0 aliphatic carbocycles. The van der Waals surface area contributed by atoms with E-state index in [4.69, 9.17) is 4.74 Å². The molecule has 0 saturated carbocycles. The maximum atomic E-state index is 11.5. The average molecular weight is 260 g/mol. The third kappa shape index (κ3) is 3.27. The minimum atomic E-state index is -0.0140. The summed E-state index contributed by atoms with van der Waals surface area (Å²) in [5, 5.41) is 0. The standard InChI is InChI=1S/C10H14BrNO2/c1-8(2)14-7-6-12-5-3-4-9(11)10(12)13/h3-5,8H,6-7H2,1-2H3. The zero-order chi connectivity index (χ0) is 10.6. The average Bonchev–Trinajstić information content (AvgIpc) is 2.12. The van der Waals surface area contributed by atoms with Crippen LogP contribution in [0.3, 0.4) is 0 Å². The molecule has 1 aromatic heterocycles. The van der Waals surface area contributed by atoms with Gasteiger partial charge in [0.15, 0.2) is 0 Å². The number of rotatable bonds is 4. The molecule has 0 saturated heterocycles. The fraction of sp³-hybridized carbons (Fsp3) is 0.500.